The third-order valence-corrected chi connectivity index (χ3v) is 4.82. The number of carbonyl (C=O) groups is 1. The minimum Gasteiger partial charge on any atom is -0.461 e. The summed E-state index contributed by atoms with van der Waals surface area (Å²) in [6, 6.07) is 4.63. The highest BCUT2D eigenvalue weighted by Crippen LogP contribution is 2.40. The first-order chi connectivity index (χ1) is 14.8. The topological polar surface area (TPSA) is 55.6 Å². The molecular weight excluding hydrogens is 449 g/mol. The number of fused-ring (bicyclic) bond motifs is 1. The lowest BCUT2D eigenvalue weighted by atomic mass is 10.1. The van der Waals surface area contributed by atoms with E-state index in [1.807, 2.05) is 0 Å². The van der Waals surface area contributed by atoms with Crippen molar-refractivity contribution in [3.63, 3.8) is 0 Å². The van der Waals surface area contributed by atoms with E-state index < -0.39 is 54.2 Å². The van der Waals surface area contributed by atoms with Crippen molar-refractivity contribution in [3.8, 4) is 5.75 Å². The van der Waals surface area contributed by atoms with Crippen molar-refractivity contribution < 1.29 is 44.7 Å². The van der Waals surface area contributed by atoms with Crippen molar-refractivity contribution in [2.24, 2.45) is 0 Å². The average Bonchev–Trinajstić information content (AvgIpc) is 2.99. The molecule has 0 unspecified atom stereocenters. The van der Waals surface area contributed by atoms with Crippen LogP contribution in [0.5, 0.6) is 5.75 Å². The molecule has 170 valence electrons. The molecule has 1 aliphatic rings. The van der Waals surface area contributed by atoms with Crippen LogP contribution in [0, 0.1) is 6.92 Å². The minimum atomic E-state index is -5.14. The van der Waals surface area contributed by atoms with E-state index in [0.717, 1.165) is 29.3 Å². The fraction of sp³-hybridized carbons (Fsp3) is 0.300. The SMILES string of the molecule is Cc1oc2ccc(OC(F)(F)c3cccnc3C(F)(F)F)cc2c1C(=O)N1CC(F)(F)C1. The van der Waals surface area contributed by atoms with Gasteiger partial charge in [0.05, 0.1) is 24.2 Å². The Labute approximate surface area is 175 Å². The molecule has 1 aromatic carbocycles. The van der Waals surface area contributed by atoms with Crippen LogP contribution in [-0.4, -0.2) is 34.8 Å². The summed E-state index contributed by atoms with van der Waals surface area (Å²) in [5.74, 6) is -4.30. The summed E-state index contributed by atoms with van der Waals surface area (Å²) in [5, 5.41) is -0.00162. The number of nitrogens with zero attached hydrogens (tertiary/aromatic N) is 2. The molecule has 4 rings (SSSR count). The molecule has 1 fully saturated rings. The van der Waals surface area contributed by atoms with Gasteiger partial charge in [0.25, 0.3) is 11.8 Å². The normalized spacial score (nSPS) is 16.2. The number of likely N-dealkylation sites (tertiary alicyclic amines) is 1. The molecule has 12 heteroatoms. The standard InChI is InChI=1S/C20H13F7N2O3/c1-10-15(17(30)29-8-18(21,22)9-29)12-7-11(4-5-14(12)31-10)32-20(26,27)13-3-2-6-28-16(13)19(23,24)25/h2-7H,8-9H2,1H3. The predicted molar refractivity (Wildman–Crippen MR) is 95.6 cm³/mol. The first kappa shape index (κ1) is 21.9. The van der Waals surface area contributed by atoms with Crippen LogP contribution in [0.3, 0.4) is 0 Å². The lowest BCUT2D eigenvalue weighted by Crippen LogP contribution is -2.58. The molecule has 1 amide bonds. The maximum absolute atomic E-state index is 14.6. The lowest BCUT2D eigenvalue weighted by Gasteiger charge is -2.38. The van der Waals surface area contributed by atoms with Crippen molar-refractivity contribution in [2.75, 3.05) is 13.1 Å². The first-order valence-electron chi connectivity index (χ1n) is 9.08. The Hall–Kier alpha value is -3.31. The molecule has 1 aliphatic heterocycles. The van der Waals surface area contributed by atoms with Gasteiger partial charge in [-0.1, -0.05) is 0 Å². The Bertz CT molecular complexity index is 1200. The van der Waals surface area contributed by atoms with Crippen LogP contribution < -0.4 is 4.74 Å². The number of ether oxygens (including phenoxy) is 1. The number of amides is 1. The number of hydrogen-bond donors (Lipinski definition) is 0. The highest BCUT2D eigenvalue weighted by Gasteiger charge is 2.48. The fourth-order valence-corrected chi connectivity index (χ4v) is 3.41. The van der Waals surface area contributed by atoms with Gasteiger partial charge in [0.2, 0.25) is 0 Å². The van der Waals surface area contributed by atoms with Crippen LogP contribution in [0.4, 0.5) is 30.7 Å². The smallest absolute Gasteiger partial charge is 0.433 e. The van der Waals surface area contributed by atoms with Crippen LogP contribution >= 0.6 is 0 Å². The summed E-state index contributed by atoms with van der Waals surface area (Å²) < 4.78 is 105. The van der Waals surface area contributed by atoms with Gasteiger partial charge in [-0.25, -0.2) is 8.78 Å². The number of pyridine rings is 1. The predicted octanol–water partition coefficient (Wildman–Crippen LogP) is 5.37. The van der Waals surface area contributed by atoms with Crippen molar-refractivity contribution in [2.45, 2.75) is 25.1 Å². The monoisotopic (exact) mass is 462 g/mol. The zero-order chi connectivity index (χ0) is 23.5. The second kappa shape index (κ2) is 7.10. The summed E-state index contributed by atoms with van der Waals surface area (Å²) >= 11 is 0. The molecule has 2 aromatic heterocycles. The molecule has 0 atom stereocenters. The Morgan fingerprint density at radius 3 is 2.47 bits per heavy atom. The van der Waals surface area contributed by atoms with E-state index in [0.29, 0.717) is 6.07 Å². The van der Waals surface area contributed by atoms with Gasteiger partial charge in [0.15, 0.2) is 5.69 Å². The van der Waals surface area contributed by atoms with Gasteiger partial charge in [-0.15, -0.1) is 0 Å². The maximum atomic E-state index is 14.6. The molecule has 32 heavy (non-hydrogen) atoms. The van der Waals surface area contributed by atoms with E-state index in [2.05, 4.69) is 9.72 Å². The molecule has 0 bridgehead atoms. The Balaban J connectivity index is 1.69. The van der Waals surface area contributed by atoms with E-state index in [-0.39, 0.29) is 22.3 Å². The summed E-state index contributed by atoms with van der Waals surface area (Å²) in [6.07, 6.45) is -8.84. The number of hydrogen-bond acceptors (Lipinski definition) is 4. The first-order valence-corrected chi connectivity index (χ1v) is 9.08. The van der Waals surface area contributed by atoms with Crippen LogP contribution in [0.25, 0.3) is 11.0 Å². The maximum Gasteiger partial charge on any atom is 0.433 e. The fourth-order valence-electron chi connectivity index (χ4n) is 3.41. The van der Waals surface area contributed by atoms with Crippen LogP contribution in [0.15, 0.2) is 40.9 Å². The molecule has 0 saturated carbocycles. The number of furan rings is 1. The molecule has 0 aliphatic carbocycles. The van der Waals surface area contributed by atoms with Crippen LogP contribution in [0.2, 0.25) is 0 Å². The number of benzene rings is 1. The summed E-state index contributed by atoms with van der Waals surface area (Å²) in [4.78, 5) is 16.4. The van der Waals surface area contributed by atoms with Crippen LogP contribution in [-0.2, 0) is 12.3 Å². The molecule has 3 heterocycles. The van der Waals surface area contributed by atoms with E-state index in [1.54, 1.807) is 0 Å². The van der Waals surface area contributed by atoms with Crippen molar-refractivity contribution >= 4 is 16.9 Å². The minimum absolute atomic E-state index is 0.00162. The van der Waals surface area contributed by atoms with E-state index in [9.17, 15) is 35.5 Å². The summed E-state index contributed by atoms with van der Waals surface area (Å²) in [5.41, 5.74) is -3.33. The Morgan fingerprint density at radius 1 is 1.16 bits per heavy atom. The Morgan fingerprint density at radius 2 is 1.84 bits per heavy atom. The quantitative estimate of drug-likeness (QED) is 0.489. The Kier molecular flexibility index (Phi) is 4.86. The molecule has 1 saturated heterocycles. The van der Waals surface area contributed by atoms with Gasteiger partial charge >= 0.3 is 12.3 Å². The zero-order valence-electron chi connectivity index (χ0n) is 16.1. The van der Waals surface area contributed by atoms with Gasteiger partial charge < -0.3 is 14.1 Å². The number of aryl methyl sites for hydroxylation is 1. The zero-order valence-corrected chi connectivity index (χ0v) is 16.1. The molecule has 0 spiro atoms. The van der Waals surface area contributed by atoms with Gasteiger partial charge in [-0.3, -0.25) is 9.78 Å². The number of carbonyl (C=O) groups excluding carboxylic acids is 1. The number of rotatable bonds is 4. The second-order valence-electron chi connectivity index (χ2n) is 7.22. The highest BCUT2D eigenvalue weighted by molar-refractivity contribution is 6.07. The third kappa shape index (κ3) is 3.84. The van der Waals surface area contributed by atoms with Crippen LogP contribution in [0.1, 0.15) is 27.4 Å². The van der Waals surface area contributed by atoms with Crippen molar-refractivity contribution in [1.82, 2.24) is 9.88 Å². The molecular formula is C20H13F7N2O3. The molecule has 5 nitrogen and oxygen atoms in total. The van der Waals surface area contributed by atoms with Gasteiger partial charge in [-0.2, -0.15) is 22.0 Å². The number of halogens is 7. The number of aromatic nitrogens is 1. The van der Waals surface area contributed by atoms with E-state index in [4.69, 9.17) is 4.42 Å². The molecule has 0 radical (unpaired) electrons. The lowest BCUT2D eigenvalue weighted by molar-refractivity contribution is -0.196. The molecule has 3 aromatic rings. The highest BCUT2D eigenvalue weighted by atomic mass is 19.4. The van der Waals surface area contributed by atoms with E-state index in [1.165, 1.54) is 13.0 Å². The van der Waals surface area contributed by atoms with Crippen molar-refractivity contribution in [3.05, 3.63) is 59.1 Å². The second-order valence-corrected chi connectivity index (χ2v) is 7.22. The van der Waals surface area contributed by atoms with E-state index >= 15 is 0 Å². The van der Waals surface area contributed by atoms with Gasteiger partial charge in [0.1, 0.15) is 17.1 Å². The van der Waals surface area contributed by atoms with Gasteiger partial charge in [0, 0.05) is 11.6 Å². The number of alkyl halides is 7. The average molecular weight is 462 g/mol. The third-order valence-electron chi connectivity index (χ3n) is 4.82. The van der Waals surface area contributed by atoms with Crippen molar-refractivity contribution in [1.29, 1.82) is 0 Å². The largest absolute Gasteiger partial charge is 0.461 e. The molecule has 0 N–H and O–H groups in total. The summed E-state index contributed by atoms with van der Waals surface area (Å²) in [7, 11) is 0. The van der Waals surface area contributed by atoms with Gasteiger partial charge in [-0.05, 0) is 37.3 Å². The summed E-state index contributed by atoms with van der Waals surface area (Å²) in [6.45, 7) is -0.202.